The minimum atomic E-state index is 0.699. The van der Waals surface area contributed by atoms with Crippen LogP contribution in [0.5, 0.6) is 0 Å². The maximum Gasteiger partial charge on any atom is 0.165 e. The number of aromatic nitrogens is 4. The van der Waals surface area contributed by atoms with Crippen LogP contribution < -0.4 is 4.90 Å². The highest BCUT2D eigenvalue weighted by Crippen LogP contribution is 2.25. The number of piperazine rings is 1. The molecule has 1 aliphatic rings. The van der Waals surface area contributed by atoms with Crippen molar-refractivity contribution in [3.05, 3.63) is 70.5 Å². The molecule has 0 bridgehead atoms. The lowest BCUT2D eigenvalue weighted by molar-refractivity contribution is 0.240. The highest BCUT2D eigenvalue weighted by atomic mass is 35.5. The van der Waals surface area contributed by atoms with E-state index in [0.29, 0.717) is 6.54 Å². The second-order valence-corrected chi connectivity index (χ2v) is 7.37. The fourth-order valence-corrected chi connectivity index (χ4v) is 3.65. The van der Waals surface area contributed by atoms with Gasteiger partial charge in [0.15, 0.2) is 5.82 Å². The maximum absolute atomic E-state index is 6.18. The Morgan fingerprint density at radius 3 is 2.52 bits per heavy atom. The zero-order valence-corrected chi connectivity index (χ0v) is 16.2. The molecule has 0 saturated carbocycles. The van der Waals surface area contributed by atoms with E-state index in [9.17, 15) is 0 Å². The van der Waals surface area contributed by atoms with Crippen molar-refractivity contribution in [2.75, 3.05) is 31.1 Å². The monoisotopic (exact) mass is 382 g/mol. The van der Waals surface area contributed by atoms with E-state index >= 15 is 0 Å². The lowest BCUT2D eigenvalue weighted by Crippen LogP contribution is -2.46. The average molecular weight is 383 g/mol. The van der Waals surface area contributed by atoms with E-state index in [4.69, 9.17) is 11.6 Å². The molecule has 27 heavy (non-hydrogen) atoms. The Morgan fingerprint density at radius 2 is 1.74 bits per heavy atom. The second-order valence-electron chi connectivity index (χ2n) is 6.93. The molecule has 2 aromatic carbocycles. The van der Waals surface area contributed by atoms with Gasteiger partial charge in [0.2, 0.25) is 0 Å². The van der Waals surface area contributed by atoms with Crippen molar-refractivity contribution in [3.8, 4) is 0 Å². The van der Waals surface area contributed by atoms with Gasteiger partial charge in [0, 0.05) is 36.9 Å². The fraction of sp³-hybridized carbons (Fsp3) is 0.350. The van der Waals surface area contributed by atoms with Gasteiger partial charge in [0.1, 0.15) is 0 Å². The van der Waals surface area contributed by atoms with E-state index in [1.54, 1.807) is 0 Å². The molecule has 0 unspecified atom stereocenters. The van der Waals surface area contributed by atoms with Gasteiger partial charge in [-0.1, -0.05) is 48.0 Å². The van der Waals surface area contributed by atoms with Gasteiger partial charge in [-0.15, -0.1) is 5.10 Å². The minimum absolute atomic E-state index is 0.699. The van der Waals surface area contributed by atoms with Crippen molar-refractivity contribution in [3.63, 3.8) is 0 Å². The third-order valence-corrected chi connectivity index (χ3v) is 5.27. The zero-order valence-electron chi connectivity index (χ0n) is 15.4. The lowest BCUT2D eigenvalue weighted by Gasteiger charge is -2.36. The predicted molar refractivity (Wildman–Crippen MR) is 107 cm³/mol. The van der Waals surface area contributed by atoms with E-state index in [1.165, 1.54) is 16.8 Å². The number of rotatable bonds is 5. The number of benzene rings is 2. The van der Waals surface area contributed by atoms with Gasteiger partial charge in [-0.3, -0.25) is 4.90 Å². The molecule has 0 aliphatic carbocycles. The summed E-state index contributed by atoms with van der Waals surface area (Å²) < 4.78 is 1.89. The van der Waals surface area contributed by atoms with Crippen molar-refractivity contribution in [1.29, 1.82) is 0 Å². The predicted octanol–water partition coefficient (Wildman–Crippen LogP) is 3.01. The molecular formula is C20H23ClN6. The fourth-order valence-electron chi connectivity index (χ4n) is 3.49. The van der Waals surface area contributed by atoms with E-state index in [0.717, 1.165) is 43.6 Å². The van der Waals surface area contributed by atoms with Crippen LogP contribution in [-0.2, 0) is 13.1 Å². The highest BCUT2D eigenvalue weighted by molar-refractivity contribution is 6.30. The Kier molecular flexibility index (Phi) is 5.36. The van der Waals surface area contributed by atoms with Crippen molar-refractivity contribution >= 4 is 17.3 Å². The summed E-state index contributed by atoms with van der Waals surface area (Å²) in [5.41, 5.74) is 3.70. The number of aryl methyl sites for hydroxylation is 1. The summed E-state index contributed by atoms with van der Waals surface area (Å²) in [6.07, 6.45) is 0. The third kappa shape index (κ3) is 4.28. The molecular weight excluding hydrogens is 360 g/mol. The zero-order chi connectivity index (χ0) is 18.6. The van der Waals surface area contributed by atoms with Crippen LogP contribution in [0.25, 0.3) is 0 Å². The SMILES string of the molecule is Cc1ccc(Cl)cc1N1CCN(Cc2nnnn2Cc2ccccc2)CC1. The molecule has 0 spiro atoms. The van der Waals surface area contributed by atoms with Crippen LogP contribution in [0, 0.1) is 6.92 Å². The van der Waals surface area contributed by atoms with Crippen LogP contribution in [0.4, 0.5) is 5.69 Å². The van der Waals surface area contributed by atoms with Gasteiger partial charge in [-0.25, -0.2) is 4.68 Å². The van der Waals surface area contributed by atoms with Crippen LogP contribution in [0.3, 0.4) is 0 Å². The molecule has 0 radical (unpaired) electrons. The Bertz CT molecular complexity index is 886. The first-order valence-corrected chi connectivity index (χ1v) is 9.59. The van der Waals surface area contributed by atoms with Crippen molar-refractivity contribution in [2.45, 2.75) is 20.0 Å². The summed E-state index contributed by atoms with van der Waals surface area (Å²) in [5.74, 6) is 0.909. The van der Waals surface area contributed by atoms with E-state index in [2.05, 4.69) is 56.5 Å². The largest absolute Gasteiger partial charge is 0.369 e. The first-order valence-electron chi connectivity index (χ1n) is 9.21. The molecule has 1 aromatic heterocycles. The molecule has 7 heteroatoms. The number of nitrogens with zero attached hydrogens (tertiary/aromatic N) is 6. The van der Waals surface area contributed by atoms with E-state index in [1.807, 2.05) is 28.9 Å². The van der Waals surface area contributed by atoms with Crippen LogP contribution >= 0.6 is 11.6 Å². The molecule has 1 fully saturated rings. The quantitative estimate of drug-likeness (QED) is 0.679. The van der Waals surface area contributed by atoms with Crippen LogP contribution in [0.15, 0.2) is 48.5 Å². The molecule has 0 amide bonds. The summed E-state index contributed by atoms with van der Waals surface area (Å²) in [6.45, 7) is 7.50. The molecule has 140 valence electrons. The minimum Gasteiger partial charge on any atom is -0.369 e. The van der Waals surface area contributed by atoms with Gasteiger partial charge in [0.05, 0.1) is 13.1 Å². The molecule has 2 heterocycles. The standard InChI is InChI=1S/C20H23ClN6/c1-16-7-8-18(21)13-19(16)26-11-9-25(10-12-26)15-20-22-23-24-27(20)14-17-5-3-2-4-6-17/h2-8,13H,9-12,14-15H2,1H3. The molecule has 4 rings (SSSR count). The third-order valence-electron chi connectivity index (χ3n) is 5.03. The number of tetrazole rings is 1. The second kappa shape index (κ2) is 8.06. The number of halogens is 1. The van der Waals surface area contributed by atoms with Crippen LogP contribution in [0.2, 0.25) is 5.02 Å². The molecule has 1 saturated heterocycles. The van der Waals surface area contributed by atoms with E-state index in [-0.39, 0.29) is 0 Å². The Balaban J connectivity index is 1.37. The Morgan fingerprint density at radius 1 is 0.963 bits per heavy atom. The average Bonchev–Trinajstić information content (AvgIpc) is 3.12. The number of hydrogen-bond donors (Lipinski definition) is 0. The number of anilines is 1. The van der Waals surface area contributed by atoms with Gasteiger partial charge in [-0.05, 0) is 40.6 Å². The molecule has 3 aromatic rings. The van der Waals surface area contributed by atoms with Gasteiger partial charge in [0.25, 0.3) is 0 Å². The highest BCUT2D eigenvalue weighted by Gasteiger charge is 2.20. The molecule has 6 nitrogen and oxygen atoms in total. The Hall–Kier alpha value is -2.44. The van der Waals surface area contributed by atoms with Gasteiger partial charge >= 0.3 is 0 Å². The van der Waals surface area contributed by atoms with Crippen LogP contribution in [-0.4, -0.2) is 51.3 Å². The summed E-state index contributed by atoms with van der Waals surface area (Å²) in [7, 11) is 0. The molecule has 1 aliphatic heterocycles. The Labute approximate surface area is 164 Å². The smallest absolute Gasteiger partial charge is 0.165 e. The molecule has 0 N–H and O–H groups in total. The first-order chi connectivity index (χ1) is 13.2. The van der Waals surface area contributed by atoms with Gasteiger partial charge < -0.3 is 4.90 Å². The summed E-state index contributed by atoms with van der Waals surface area (Å²) >= 11 is 6.18. The lowest BCUT2D eigenvalue weighted by atomic mass is 10.1. The topological polar surface area (TPSA) is 50.1 Å². The molecule has 0 atom stereocenters. The van der Waals surface area contributed by atoms with Crippen molar-refractivity contribution < 1.29 is 0 Å². The number of hydrogen-bond acceptors (Lipinski definition) is 5. The summed E-state index contributed by atoms with van der Waals surface area (Å²) in [5, 5.41) is 13.1. The maximum atomic E-state index is 6.18. The van der Waals surface area contributed by atoms with E-state index < -0.39 is 0 Å². The first kappa shape index (κ1) is 17.9. The van der Waals surface area contributed by atoms with Crippen molar-refractivity contribution in [1.82, 2.24) is 25.1 Å². The summed E-state index contributed by atoms with van der Waals surface area (Å²) in [6, 6.07) is 16.4. The van der Waals surface area contributed by atoms with Gasteiger partial charge in [-0.2, -0.15) is 0 Å². The normalized spacial score (nSPS) is 15.3. The van der Waals surface area contributed by atoms with Crippen LogP contribution in [0.1, 0.15) is 17.0 Å². The van der Waals surface area contributed by atoms with Crippen molar-refractivity contribution in [2.24, 2.45) is 0 Å². The summed E-state index contributed by atoms with van der Waals surface area (Å²) in [4.78, 5) is 4.81.